The minimum absolute atomic E-state index is 0.219. The Labute approximate surface area is 119 Å². The molecule has 1 rings (SSSR count). The Hall–Kier alpha value is -1.07. The van der Waals surface area contributed by atoms with Gasteiger partial charge < -0.3 is 10.1 Å². The van der Waals surface area contributed by atoms with E-state index in [2.05, 4.69) is 26.0 Å². The first-order valence-corrected chi connectivity index (χ1v) is 6.51. The van der Waals surface area contributed by atoms with E-state index in [1.807, 2.05) is 0 Å². The number of methoxy groups -OCH3 is 1. The molecule has 0 saturated carbocycles. The summed E-state index contributed by atoms with van der Waals surface area (Å²) in [6.07, 6.45) is 0.830. The number of halogens is 2. The second-order valence-corrected chi connectivity index (χ2v) is 4.95. The summed E-state index contributed by atoms with van der Waals surface area (Å²) < 4.78 is 5.24. The number of hydrogen-bond acceptors (Lipinski definition) is 3. The molecule has 0 aromatic heterocycles. The minimum atomic E-state index is -0.283. The largest absolute Gasteiger partial charge is 0.469 e. The van der Waals surface area contributed by atoms with Crippen LogP contribution in [0.4, 0.5) is 0 Å². The first kappa shape index (κ1) is 15.0. The van der Waals surface area contributed by atoms with Gasteiger partial charge in [0, 0.05) is 28.0 Å². The van der Waals surface area contributed by atoms with E-state index in [9.17, 15) is 9.59 Å². The van der Waals surface area contributed by atoms with Gasteiger partial charge in [0.25, 0.3) is 5.91 Å². The topological polar surface area (TPSA) is 55.4 Å². The van der Waals surface area contributed by atoms with Crippen LogP contribution in [0.15, 0.2) is 22.7 Å². The fourth-order valence-corrected chi connectivity index (χ4v) is 2.18. The molecule has 0 atom stereocenters. The number of ether oxygens (including phenoxy) is 1. The van der Waals surface area contributed by atoms with Gasteiger partial charge in [-0.05, 0) is 24.6 Å². The van der Waals surface area contributed by atoms with Gasteiger partial charge in [-0.25, -0.2) is 0 Å². The van der Waals surface area contributed by atoms with Crippen molar-refractivity contribution in [3.63, 3.8) is 0 Å². The van der Waals surface area contributed by atoms with Gasteiger partial charge in [-0.15, -0.1) is 0 Å². The highest BCUT2D eigenvalue weighted by molar-refractivity contribution is 9.10. The van der Waals surface area contributed by atoms with Crippen LogP contribution in [0.25, 0.3) is 0 Å². The lowest BCUT2D eigenvalue weighted by Gasteiger charge is -2.05. The van der Waals surface area contributed by atoms with Crippen LogP contribution in [-0.2, 0) is 9.53 Å². The van der Waals surface area contributed by atoms with E-state index >= 15 is 0 Å². The number of carbonyl (C=O) groups excluding carboxylic acids is 2. The highest BCUT2D eigenvalue weighted by Crippen LogP contribution is 2.19. The van der Waals surface area contributed by atoms with E-state index < -0.39 is 0 Å². The molecule has 98 valence electrons. The maximum absolute atomic E-state index is 11.8. The summed E-state index contributed by atoms with van der Waals surface area (Å²) in [5, 5.41) is 3.20. The monoisotopic (exact) mass is 333 g/mol. The third kappa shape index (κ3) is 5.06. The lowest BCUT2D eigenvalue weighted by molar-refractivity contribution is -0.140. The van der Waals surface area contributed by atoms with Gasteiger partial charge >= 0.3 is 5.97 Å². The van der Waals surface area contributed by atoms with Gasteiger partial charge in [-0.2, -0.15) is 0 Å². The lowest BCUT2D eigenvalue weighted by atomic mass is 10.2. The smallest absolute Gasteiger partial charge is 0.305 e. The van der Waals surface area contributed by atoms with Gasteiger partial charge in [0.15, 0.2) is 0 Å². The van der Waals surface area contributed by atoms with Crippen molar-refractivity contribution in [1.82, 2.24) is 5.32 Å². The molecule has 0 unspecified atom stereocenters. The molecule has 0 fully saturated rings. The van der Waals surface area contributed by atoms with Crippen LogP contribution < -0.4 is 5.32 Å². The third-order valence-electron chi connectivity index (χ3n) is 2.20. The third-order valence-corrected chi connectivity index (χ3v) is 2.87. The number of amides is 1. The van der Waals surface area contributed by atoms with E-state index in [4.69, 9.17) is 11.6 Å². The van der Waals surface area contributed by atoms with Gasteiger partial charge in [0.2, 0.25) is 0 Å². The fraction of sp³-hybridized carbons (Fsp3) is 0.333. The number of carbonyl (C=O) groups is 2. The Morgan fingerprint density at radius 2 is 2.11 bits per heavy atom. The summed E-state index contributed by atoms with van der Waals surface area (Å²) in [5.74, 6) is -0.502. The van der Waals surface area contributed by atoms with Crippen molar-refractivity contribution in [3.8, 4) is 0 Å². The number of hydrogen-bond donors (Lipinski definition) is 1. The number of esters is 1. The molecule has 1 amide bonds. The minimum Gasteiger partial charge on any atom is -0.469 e. The molecule has 1 aromatic carbocycles. The van der Waals surface area contributed by atoms with Crippen LogP contribution >= 0.6 is 27.5 Å². The maximum Gasteiger partial charge on any atom is 0.305 e. The summed E-state index contributed by atoms with van der Waals surface area (Å²) in [4.78, 5) is 22.6. The van der Waals surface area contributed by atoms with Gasteiger partial charge in [-0.1, -0.05) is 27.5 Å². The van der Waals surface area contributed by atoms with Crippen molar-refractivity contribution in [2.75, 3.05) is 13.7 Å². The van der Waals surface area contributed by atoms with Crippen molar-refractivity contribution in [2.45, 2.75) is 12.8 Å². The first-order chi connectivity index (χ1) is 8.52. The van der Waals surface area contributed by atoms with E-state index in [1.165, 1.54) is 7.11 Å². The zero-order chi connectivity index (χ0) is 13.5. The molecule has 0 aliphatic carbocycles. The molecular weight excluding hydrogens is 321 g/mol. The van der Waals surface area contributed by atoms with Crippen LogP contribution in [0.3, 0.4) is 0 Å². The zero-order valence-electron chi connectivity index (χ0n) is 9.83. The first-order valence-electron chi connectivity index (χ1n) is 5.34. The molecule has 1 aromatic rings. The number of rotatable bonds is 5. The van der Waals surface area contributed by atoms with Crippen molar-refractivity contribution >= 4 is 39.4 Å². The Morgan fingerprint density at radius 1 is 1.39 bits per heavy atom. The zero-order valence-corrected chi connectivity index (χ0v) is 12.2. The van der Waals surface area contributed by atoms with E-state index in [-0.39, 0.29) is 18.3 Å². The normalized spacial score (nSPS) is 9.94. The lowest BCUT2D eigenvalue weighted by Crippen LogP contribution is -2.25. The maximum atomic E-state index is 11.8. The molecule has 18 heavy (non-hydrogen) atoms. The molecule has 0 aliphatic heterocycles. The summed E-state index contributed by atoms with van der Waals surface area (Å²) in [7, 11) is 1.34. The summed E-state index contributed by atoms with van der Waals surface area (Å²) in [5.41, 5.74) is 0.479. The second kappa shape index (κ2) is 7.38. The Kier molecular flexibility index (Phi) is 6.15. The molecule has 0 heterocycles. The summed E-state index contributed by atoms with van der Waals surface area (Å²) in [6, 6.07) is 4.97. The molecule has 0 bridgehead atoms. The average molecular weight is 335 g/mol. The Morgan fingerprint density at radius 3 is 2.72 bits per heavy atom. The average Bonchev–Trinajstić information content (AvgIpc) is 2.32. The molecule has 0 aliphatic rings. The van der Waals surface area contributed by atoms with Gasteiger partial charge in [0.05, 0.1) is 7.11 Å². The highest BCUT2D eigenvalue weighted by Gasteiger charge is 2.07. The quantitative estimate of drug-likeness (QED) is 0.665. The van der Waals surface area contributed by atoms with Crippen LogP contribution in [0.1, 0.15) is 23.2 Å². The van der Waals surface area contributed by atoms with Crippen LogP contribution in [0, 0.1) is 0 Å². The van der Waals surface area contributed by atoms with Crippen molar-refractivity contribution in [2.24, 2.45) is 0 Å². The molecule has 0 saturated heterocycles. The molecule has 0 spiro atoms. The number of benzene rings is 1. The summed E-state index contributed by atoms with van der Waals surface area (Å²) >= 11 is 9.11. The fourth-order valence-electron chi connectivity index (χ4n) is 1.32. The van der Waals surface area contributed by atoms with E-state index in [0.29, 0.717) is 23.6 Å². The Balaban J connectivity index is 2.43. The van der Waals surface area contributed by atoms with E-state index in [1.54, 1.807) is 18.2 Å². The second-order valence-electron chi connectivity index (χ2n) is 3.59. The molecule has 0 radical (unpaired) electrons. The highest BCUT2D eigenvalue weighted by atomic mass is 79.9. The van der Waals surface area contributed by atoms with Crippen LogP contribution in [-0.4, -0.2) is 25.5 Å². The standard InChI is InChI=1S/C12H13BrClNO3/c1-18-11(16)3-2-4-15-12(17)8-5-9(13)7-10(14)6-8/h5-7H,2-4H2,1H3,(H,15,17). The van der Waals surface area contributed by atoms with Crippen molar-refractivity contribution < 1.29 is 14.3 Å². The van der Waals surface area contributed by atoms with Crippen LogP contribution in [0.2, 0.25) is 5.02 Å². The summed E-state index contributed by atoms with van der Waals surface area (Å²) in [6.45, 7) is 0.415. The molecular formula is C12H13BrClNO3. The van der Waals surface area contributed by atoms with Gasteiger partial charge in [0.1, 0.15) is 0 Å². The predicted molar refractivity (Wildman–Crippen MR) is 72.7 cm³/mol. The Bertz CT molecular complexity index is 431. The van der Waals surface area contributed by atoms with Crippen LogP contribution in [0.5, 0.6) is 0 Å². The van der Waals surface area contributed by atoms with Gasteiger partial charge in [-0.3, -0.25) is 9.59 Å². The predicted octanol–water partition coefficient (Wildman–Crippen LogP) is 2.79. The van der Waals surface area contributed by atoms with Crippen molar-refractivity contribution in [3.05, 3.63) is 33.3 Å². The molecule has 6 heteroatoms. The van der Waals surface area contributed by atoms with E-state index in [0.717, 1.165) is 4.47 Å². The van der Waals surface area contributed by atoms with Crippen molar-refractivity contribution in [1.29, 1.82) is 0 Å². The SMILES string of the molecule is COC(=O)CCCNC(=O)c1cc(Cl)cc(Br)c1. The molecule has 1 N–H and O–H groups in total. The number of nitrogens with one attached hydrogen (secondary N) is 1. The molecule has 4 nitrogen and oxygen atoms in total.